The number of hydrogen-bond acceptors (Lipinski definition) is 3. The molecule has 3 heterocycles. The van der Waals surface area contributed by atoms with Gasteiger partial charge >= 0.3 is 0 Å². The quantitative estimate of drug-likeness (QED) is 0.743. The van der Waals surface area contributed by atoms with Gasteiger partial charge in [-0.3, -0.25) is 0 Å². The lowest BCUT2D eigenvalue weighted by molar-refractivity contribution is 0.577. The van der Waals surface area contributed by atoms with Crippen molar-refractivity contribution < 1.29 is 0 Å². The van der Waals surface area contributed by atoms with Crippen LogP contribution in [0.2, 0.25) is 0 Å². The van der Waals surface area contributed by atoms with E-state index in [0.29, 0.717) is 6.04 Å². The van der Waals surface area contributed by atoms with Gasteiger partial charge in [-0.05, 0) is 37.0 Å². The molecule has 2 aliphatic heterocycles. The van der Waals surface area contributed by atoms with E-state index >= 15 is 0 Å². The van der Waals surface area contributed by atoms with Crippen LogP contribution in [0.1, 0.15) is 12.0 Å². The summed E-state index contributed by atoms with van der Waals surface area (Å²) in [7, 11) is 0. The van der Waals surface area contributed by atoms with Crippen LogP contribution < -0.4 is 10.2 Å². The second kappa shape index (κ2) is 3.49. The molecule has 2 atom stereocenters. The van der Waals surface area contributed by atoms with Crippen molar-refractivity contribution in [1.29, 1.82) is 0 Å². The Morgan fingerprint density at radius 2 is 2.40 bits per heavy atom. The van der Waals surface area contributed by atoms with Gasteiger partial charge in [-0.2, -0.15) is 0 Å². The zero-order valence-corrected chi connectivity index (χ0v) is 9.11. The predicted molar refractivity (Wildman–Crippen MR) is 61.1 cm³/mol. The van der Waals surface area contributed by atoms with Gasteiger partial charge in [-0.25, -0.2) is 4.98 Å². The summed E-state index contributed by atoms with van der Waals surface area (Å²) >= 11 is 0. The van der Waals surface area contributed by atoms with Gasteiger partial charge in [0, 0.05) is 31.9 Å². The molecule has 1 N–H and O–H groups in total. The van der Waals surface area contributed by atoms with E-state index < -0.39 is 0 Å². The average molecular weight is 203 g/mol. The molecule has 0 aliphatic carbocycles. The summed E-state index contributed by atoms with van der Waals surface area (Å²) in [6, 6.07) is 4.93. The Bertz CT molecular complexity index is 364. The molecule has 0 spiro atoms. The number of aromatic nitrogens is 1. The summed E-state index contributed by atoms with van der Waals surface area (Å²) in [4.78, 5) is 6.95. The Morgan fingerprint density at radius 3 is 3.27 bits per heavy atom. The lowest BCUT2D eigenvalue weighted by atomic mass is 10.1. The Hall–Kier alpha value is -1.09. The normalized spacial score (nSPS) is 29.5. The summed E-state index contributed by atoms with van der Waals surface area (Å²) in [5, 5.41) is 3.47. The number of nitrogens with one attached hydrogen (secondary N) is 1. The van der Waals surface area contributed by atoms with E-state index in [9.17, 15) is 0 Å². The first kappa shape index (κ1) is 9.16. The molecule has 0 amide bonds. The van der Waals surface area contributed by atoms with Gasteiger partial charge < -0.3 is 10.2 Å². The number of anilines is 1. The van der Waals surface area contributed by atoms with Gasteiger partial charge in [0.2, 0.25) is 0 Å². The number of hydrogen-bond donors (Lipinski definition) is 1. The maximum atomic E-state index is 4.48. The molecule has 2 saturated heterocycles. The number of aryl methyl sites for hydroxylation is 1. The van der Waals surface area contributed by atoms with E-state index in [1.54, 1.807) is 0 Å². The highest BCUT2D eigenvalue weighted by Crippen LogP contribution is 2.30. The van der Waals surface area contributed by atoms with Crippen LogP contribution in [0.15, 0.2) is 18.3 Å². The maximum Gasteiger partial charge on any atom is 0.129 e. The number of rotatable bonds is 1. The summed E-state index contributed by atoms with van der Waals surface area (Å²) < 4.78 is 0. The van der Waals surface area contributed by atoms with Gasteiger partial charge in [0.15, 0.2) is 0 Å². The zero-order valence-electron chi connectivity index (χ0n) is 9.11. The van der Waals surface area contributed by atoms with Crippen molar-refractivity contribution in [3.8, 4) is 0 Å². The fourth-order valence-electron chi connectivity index (χ4n) is 2.81. The second-order valence-electron chi connectivity index (χ2n) is 4.66. The van der Waals surface area contributed by atoms with Crippen LogP contribution in [0.4, 0.5) is 5.82 Å². The van der Waals surface area contributed by atoms with E-state index in [1.807, 2.05) is 6.20 Å². The van der Waals surface area contributed by atoms with Gasteiger partial charge in [0.25, 0.3) is 0 Å². The fraction of sp³-hybridized carbons (Fsp3) is 0.583. The third-order valence-corrected chi connectivity index (χ3v) is 3.64. The Morgan fingerprint density at radius 1 is 1.47 bits per heavy atom. The van der Waals surface area contributed by atoms with Gasteiger partial charge in [-0.1, -0.05) is 0 Å². The van der Waals surface area contributed by atoms with Crippen molar-refractivity contribution in [3.63, 3.8) is 0 Å². The average Bonchev–Trinajstić information content (AvgIpc) is 2.77. The van der Waals surface area contributed by atoms with Crippen molar-refractivity contribution in [3.05, 3.63) is 23.9 Å². The third kappa shape index (κ3) is 1.51. The molecule has 3 heteroatoms. The van der Waals surface area contributed by atoms with Crippen molar-refractivity contribution in [2.75, 3.05) is 24.5 Å². The SMILES string of the molecule is Cc1ccnc(N2CC[C@H]3CNC[C@H]32)c1. The van der Waals surface area contributed by atoms with Crippen LogP contribution in [-0.2, 0) is 0 Å². The number of pyridine rings is 1. The summed E-state index contributed by atoms with van der Waals surface area (Å²) in [5.41, 5.74) is 1.30. The number of nitrogens with zero attached hydrogens (tertiary/aromatic N) is 2. The molecule has 0 unspecified atom stereocenters. The molecule has 2 aliphatic rings. The van der Waals surface area contributed by atoms with Gasteiger partial charge in [0.1, 0.15) is 5.82 Å². The highest BCUT2D eigenvalue weighted by molar-refractivity contribution is 5.44. The molecule has 0 bridgehead atoms. The van der Waals surface area contributed by atoms with Crippen LogP contribution in [0, 0.1) is 12.8 Å². The second-order valence-corrected chi connectivity index (χ2v) is 4.66. The molecule has 80 valence electrons. The Labute approximate surface area is 90.5 Å². The highest BCUT2D eigenvalue weighted by atomic mass is 15.3. The molecule has 1 aromatic heterocycles. The minimum Gasteiger partial charge on any atom is -0.352 e. The molecule has 1 aromatic rings. The molecule has 3 nitrogen and oxygen atoms in total. The largest absolute Gasteiger partial charge is 0.352 e. The predicted octanol–water partition coefficient (Wildman–Crippen LogP) is 1.19. The monoisotopic (exact) mass is 203 g/mol. The maximum absolute atomic E-state index is 4.48. The minimum atomic E-state index is 0.680. The minimum absolute atomic E-state index is 0.680. The van der Waals surface area contributed by atoms with Gasteiger partial charge in [-0.15, -0.1) is 0 Å². The first-order valence-corrected chi connectivity index (χ1v) is 5.74. The van der Waals surface area contributed by atoms with Crippen LogP contribution in [0.3, 0.4) is 0 Å². The van der Waals surface area contributed by atoms with E-state index in [4.69, 9.17) is 0 Å². The van der Waals surface area contributed by atoms with Crippen molar-refractivity contribution in [2.45, 2.75) is 19.4 Å². The molecule has 0 aromatic carbocycles. The third-order valence-electron chi connectivity index (χ3n) is 3.64. The van der Waals surface area contributed by atoms with E-state index in [2.05, 4.69) is 34.3 Å². The molecule has 2 fully saturated rings. The standard InChI is InChI=1S/C12H17N3/c1-9-2-4-14-12(6-9)15-5-3-10-7-13-8-11(10)15/h2,4,6,10-11,13H,3,5,7-8H2,1H3/t10-,11+/m0/s1. The first-order chi connectivity index (χ1) is 7.34. The topological polar surface area (TPSA) is 28.2 Å². The Balaban J connectivity index is 1.88. The fourth-order valence-corrected chi connectivity index (χ4v) is 2.81. The Kier molecular flexibility index (Phi) is 2.13. The summed E-state index contributed by atoms with van der Waals surface area (Å²) in [5.74, 6) is 2.00. The molecule has 0 saturated carbocycles. The van der Waals surface area contributed by atoms with E-state index in [-0.39, 0.29) is 0 Å². The van der Waals surface area contributed by atoms with Crippen molar-refractivity contribution in [2.24, 2.45) is 5.92 Å². The number of fused-ring (bicyclic) bond motifs is 1. The molecular formula is C12H17N3. The van der Waals surface area contributed by atoms with Crippen LogP contribution in [0.25, 0.3) is 0 Å². The van der Waals surface area contributed by atoms with Crippen LogP contribution in [-0.4, -0.2) is 30.7 Å². The zero-order chi connectivity index (χ0) is 10.3. The lowest BCUT2D eigenvalue weighted by Gasteiger charge is -2.24. The highest BCUT2D eigenvalue weighted by Gasteiger charge is 2.37. The lowest BCUT2D eigenvalue weighted by Crippen LogP contribution is -2.34. The molecule has 15 heavy (non-hydrogen) atoms. The smallest absolute Gasteiger partial charge is 0.129 e. The summed E-state index contributed by atoms with van der Waals surface area (Å²) in [6.07, 6.45) is 3.23. The van der Waals surface area contributed by atoms with E-state index in [1.165, 1.54) is 25.1 Å². The van der Waals surface area contributed by atoms with Gasteiger partial charge in [0.05, 0.1) is 0 Å². The van der Waals surface area contributed by atoms with Crippen molar-refractivity contribution in [1.82, 2.24) is 10.3 Å². The molecule has 3 rings (SSSR count). The molecular weight excluding hydrogens is 186 g/mol. The summed E-state index contributed by atoms with van der Waals surface area (Å²) in [6.45, 7) is 5.62. The van der Waals surface area contributed by atoms with E-state index in [0.717, 1.165) is 18.3 Å². The van der Waals surface area contributed by atoms with Crippen molar-refractivity contribution >= 4 is 5.82 Å². The first-order valence-electron chi connectivity index (χ1n) is 5.74. The van der Waals surface area contributed by atoms with Crippen LogP contribution in [0.5, 0.6) is 0 Å². The molecule has 0 radical (unpaired) electrons. The van der Waals surface area contributed by atoms with Crippen LogP contribution >= 0.6 is 0 Å².